The Morgan fingerprint density at radius 1 is 1.25 bits per heavy atom. The van der Waals surface area contributed by atoms with Crippen molar-refractivity contribution in [3.05, 3.63) is 54.1 Å². The van der Waals surface area contributed by atoms with Crippen molar-refractivity contribution in [2.24, 2.45) is 5.92 Å². The van der Waals surface area contributed by atoms with E-state index in [9.17, 15) is 13.2 Å². The smallest absolute Gasteiger partial charge is 0.240 e. The average Bonchev–Trinajstić information content (AvgIpc) is 3.49. The highest BCUT2D eigenvalue weighted by Gasteiger charge is 2.25. The van der Waals surface area contributed by atoms with Crippen LogP contribution in [0.25, 0.3) is 11.6 Å². The van der Waals surface area contributed by atoms with Crippen molar-refractivity contribution < 1.29 is 22.2 Å². The van der Waals surface area contributed by atoms with Crippen molar-refractivity contribution >= 4 is 15.9 Å². The van der Waals surface area contributed by atoms with Gasteiger partial charge in [0.1, 0.15) is 0 Å². The predicted molar refractivity (Wildman–Crippen MR) is 116 cm³/mol. The van der Waals surface area contributed by atoms with Gasteiger partial charge in [0, 0.05) is 32.5 Å². The van der Waals surface area contributed by atoms with Crippen LogP contribution in [-0.4, -0.2) is 49.0 Å². The monoisotopic (exact) mass is 458 g/mol. The maximum atomic E-state index is 12.7. The maximum Gasteiger partial charge on any atom is 0.240 e. The van der Waals surface area contributed by atoms with E-state index in [1.54, 1.807) is 41.3 Å². The average molecular weight is 459 g/mol. The summed E-state index contributed by atoms with van der Waals surface area (Å²) in [5.41, 5.74) is 1.00. The van der Waals surface area contributed by atoms with Gasteiger partial charge in [-0.25, -0.2) is 13.1 Å². The summed E-state index contributed by atoms with van der Waals surface area (Å²) in [6.07, 6.45) is 3.83. The molecule has 0 aliphatic carbocycles. The zero-order chi connectivity index (χ0) is 22.6. The zero-order valence-electron chi connectivity index (χ0n) is 17.9. The van der Waals surface area contributed by atoms with Gasteiger partial charge in [0.05, 0.1) is 11.2 Å². The van der Waals surface area contributed by atoms with E-state index in [2.05, 4.69) is 14.9 Å². The van der Waals surface area contributed by atoms with Crippen molar-refractivity contribution in [2.45, 2.75) is 37.5 Å². The molecule has 1 fully saturated rings. The van der Waals surface area contributed by atoms with Gasteiger partial charge >= 0.3 is 0 Å². The third kappa shape index (κ3) is 5.43. The van der Waals surface area contributed by atoms with E-state index in [1.807, 2.05) is 6.92 Å². The lowest BCUT2D eigenvalue weighted by Gasteiger charge is -2.32. The minimum absolute atomic E-state index is 0.00570. The number of sulfonamides is 1. The largest absolute Gasteiger partial charge is 0.461 e. The van der Waals surface area contributed by atoms with Crippen LogP contribution in [0.5, 0.6) is 0 Å². The number of rotatable bonds is 8. The van der Waals surface area contributed by atoms with Crippen LogP contribution in [0.15, 0.2) is 56.5 Å². The van der Waals surface area contributed by atoms with Crippen LogP contribution < -0.4 is 4.72 Å². The van der Waals surface area contributed by atoms with Crippen LogP contribution in [0, 0.1) is 12.8 Å². The zero-order valence-corrected chi connectivity index (χ0v) is 18.7. The Balaban J connectivity index is 1.27. The minimum Gasteiger partial charge on any atom is -0.461 e. The fraction of sp³-hybridized carbons (Fsp3) is 0.409. The molecule has 1 unspecified atom stereocenters. The number of benzene rings is 1. The molecule has 1 saturated heterocycles. The van der Waals surface area contributed by atoms with Crippen LogP contribution in [0.1, 0.15) is 30.7 Å². The molecule has 0 bridgehead atoms. The van der Waals surface area contributed by atoms with E-state index in [0.29, 0.717) is 43.5 Å². The van der Waals surface area contributed by atoms with E-state index in [1.165, 1.54) is 6.26 Å². The molecule has 3 aromatic rings. The third-order valence-corrected chi connectivity index (χ3v) is 6.97. The molecular formula is C22H26N4O5S. The molecule has 0 spiro atoms. The molecule has 3 heterocycles. The van der Waals surface area contributed by atoms with Crippen molar-refractivity contribution in [3.63, 3.8) is 0 Å². The van der Waals surface area contributed by atoms with Gasteiger partial charge in [-0.1, -0.05) is 22.9 Å². The van der Waals surface area contributed by atoms with Gasteiger partial charge in [-0.05, 0) is 49.9 Å². The van der Waals surface area contributed by atoms with E-state index in [0.717, 1.165) is 18.4 Å². The predicted octanol–water partition coefficient (Wildman–Crippen LogP) is 2.79. The Labute approximate surface area is 186 Å². The van der Waals surface area contributed by atoms with Gasteiger partial charge in [0.25, 0.3) is 0 Å². The quantitative estimate of drug-likeness (QED) is 0.551. The number of carbonyl (C=O) groups is 1. The van der Waals surface area contributed by atoms with Crippen molar-refractivity contribution in [1.29, 1.82) is 0 Å². The van der Waals surface area contributed by atoms with Crippen molar-refractivity contribution in [3.8, 4) is 11.6 Å². The van der Waals surface area contributed by atoms with Gasteiger partial charge in [0.15, 0.2) is 5.76 Å². The molecule has 1 N–H and O–H groups in total. The molecule has 4 rings (SSSR count). The highest BCUT2D eigenvalue weighted by Crippen LogP contribution is 2.20. The first-order valence-corrected chi connectivity index (χ1v) is 12.1. The highest BCUT2D eigenvalue weighted by atomic mass is 32.2. The summed E-state index contributed by atoms with van der Waals surface area (Å²) >= 11 is 0. The van der Waals surface area contributed by atoms with Gasteiger partial charge in [-0.15, -0.1) is 0 Å². The molecule has 170 valence electrons. The second-order valence-corrected chi connectivity index (χ2v) is 9.77. The summed E-state index contributed by atoms with van der Waals surface area (Å²) in [7, 11) is -3.57. The molecule has 0 saturated carbocycles. The van der Waals surface area contributed by atoms with E-state index in [-0.39, 0.29) is 23.1 Å². The van der Waals surface area contributed by atoms with Crippen molar-refractivity contribution in [2.75, 3.05) is 19.6 Å². The first-order valence-electron chi connectivity index (χ1n) is 10.6. The van der Waals surface area contributed by atoms with Crippen molar-refractivity contribution in [1.82, 2.24) is 19.8 Å². The molecule has 32 heavy (non-hydrogen) atoms. The van der Waals surface area contributed by atoms with E-state index >= 15 is 0 Å². The fourth-order valence-electron chi connectivity index (χ4n) is 3.72. The maximum absolute atomic E-state index is 12.7. The lowest BCUT2D eigenvalue weighted by atomic mass is 9.98. The summed E-state index contributed by atoms with van der Waals surface area (Å²) in [5, 5.41) is 3.87. The van der Waals surface area contributed by atoms with Gasteiger partial charge in [0.2, 0.25) is 27.6 Å². The van der Waals surface area contributed by atoms with Crippen LogP contribution in [-0.2, 0) is 21.2 Å². The van der Waals surface area contributed by atoms with E-state index < -0.39 is 10.0 Å². The summed E-state index contributed by atoms with van der Waals surface area (Å²) in [6, 6.07) is 10.2. The summed E-state index contributed by atoms with van der Waals surface area (Å²) < 4.78 is 38.2. The highest BCUT2D eigenvalue weighted by molar-refractivity contribution is 7.89. The minimum atomic E-state index is -3.57. The number of carbonyl (C=O) groups excluding carboxylic acids is 1. The molecule has 1 atom stereocenters. The number of furan rings is 1. The first-order chi connectivity index (χ1) is 15.4. The van der Waals surface area contributed by atoms with Crippen LogP contribution >= 0.6 is 0 Å². The van der Waals surface area contributed by atoms with Crippen LogP contribution in [0.4, 0.5) is 0 Å². The van der Waals surface area contributed by atoms with E-state index in [4.69, 9.17) is 8.94 Å². The summed E-state index contributed by atoms with van der Waals surface area (Å²) in [4.78, 5) is 19.0. The normalized spacial score (nSPS) is 16.9. The number of aryl methyl sites for hydroxylation is 2. The lowest BCUT2D eigenvalue weighted by molar-refractivity contribution is -0.133. The molecule has 2 aromatic heterocycles. The standard InChI is InChI=1S/C22H26N4O5S/c1-16-6-8-18(9-7-16)32(28,29)23-14-17-4-2-12-26(15-17)21(27)11-10-20-24-22(25-31-20)19-5-3-13-30-19/h3,5-9,13,17,23H,2,4,10-12,14-15H2,1H3. The number of aromatic nitrogens is 2. The Kier molecular flexibility index (Phi) is 6.71. The molecule has 1 aromatic carbocycles. The van der Waals surface area contributed by atoms with Gasteiger partial charge in [-0.3, -0.25) is 4.79 Å². The third-order valence-electron chi connectivity index (χ3n) is 5.53. The Bertz CT molecular complexity index is 1140. The van der Waals surface area contributed by atoms with Gasteiger partial charge in [-0.2, -0.15) is 4.98 Å². The summed E-state index contributed by atoms with van der Waals surface area (Å²) in [6.45, 7) is 3.41. The first kappa shape index (κ1) is 22.2. The number of nitrogens with one attached hydrogen (secondary N) is 1. The number of amides is 1. The second kappa shape index (κ2) is 9.66. The molecule has 1 amide bonds. The second-order valence-electron chi connectivity index (χ2n) is 8.00. The fourth-order valence-corrected chi connectivity index (χ4v) is 4.84. The SMILES string of the molecule is Cc1ccc(S(=O)(=O)NCC2CCCN(C(=O)CCc3nc(-c4ccco4)no3)C2)cc1. The molecule has 1 aliphatic heterocycles. The Morgan fingerprint density at radius 3 is 2.81 bits per heavy atom. The Morgan fingerprint density at radius 2 is 2.06 bits per heavy atom. The van der Waals surface area contributed by atoms with Crippen LogP contribution in [0.2, 0.25) is 0 Å². The number of likely N-dealkylation sites (tertiary alicyclic amines) is 1. The van der Waals surface area contributed by atoms with Gasteiger partial charge < -0.3 is 13.8 Å². The number of nitrogens with zero attached hydrogens (tertiary/aromatic N) is 3. The molecule has 10 heteroatoms. The Hall–Kier alpha value is -2.98. The van der Waals surface area contributed by atoms with Crippen LogP contribution in [0.3, 0.4) is 0 Å². The lowest BCUT2D eigenvalue weighted by Crippen LogP contribution is -2.43. The topological polar surface area (TPSA) is 119 Å². The number of piperidine rings is 1. The number of hydrogen-bond donors (Lipinski definition) is 1. The molecular weight excluding hydrogens is 432 g/mol. The molecule has 0 radical (unpaired) electrons. The number of hydrogen-bond acceptors (Lipinski definition) is 7. The summed E-state index contributed by atoms with van der Waals surface area (Å²) in [5.74, 6) is 1.31. The molecule has 1 aliphatic rings. The molecule has 9 nitrogen and oxygen atoms in total.